The predicted octanol–water partition coefficient (Wildman–Crippen LogP) is 2.18. The third-order valence-corrected chi connectivity index (χ3v) is 2.15. The van der Waals surface area contributed by atoms with Crippen LogP contribution >= 0.6 is 0 Å². The molecule has 0 unspecified atom stereocenters. The number of nitriles is 1. The third-order valence-electron chi connectivity index (χ3n) is 2.15. The van der Waals surface area contributed by atoms with Gasteiger partial charge in [0.15, 0.2) is 6.29 Å². The molecule has 0 N–H and O–H groups in total. The molecule has 1 aromatic rings. The van der Waals surface area contributed by atoms with Crippen LogP contribution in [0.3, 0.4) is 0 Å². The fourth-order valence-electron chi connectivity index (χ4n) is 1.33. The van der Waals surface area contributed by atoms with Crippen molar-refractivity contribution in [2.75, 3.05) is 7.11 Å². The first-order valence-electron chi connectivity index (χ1n) is 4.54. The van der Waals surface area contributed by atoms with Crippen LogP contribution in [0.4, 0.5) is 13.2 Å². The predicted molar refractivity (Wildman–Crippen MR) is 52.9 cm³/mol. The van der Waals surface area contributed by atoms with E-state index in [2.05, 4.69) is 4.74 Å². The fourth-order valence-corrected chi connectivity index (χ4v) is 1.33. The summed E-state index contributed by atoms with van der Waals surface area (Å²) in [6, 6.07) is 2.61. The molecule has 1 aromatic carbocycles. The zero-order chi connectivity index (χ0) is 13.9. The summed E-state index contributed by atoms with van der Waals surface area (Å²) in [5.74, 6) is -0.983. The Labute approximate surface area is 99.6 Å². The summed E-state index contributed by atoms with van der Waals surface area (Å²) in [7, 11) is 1.02. The smallest absolute Gasteiger partial charge is 0.417 e. The van der Waals surface area contributed by atoms with Crippen LogP contribution < -0.4 is 0 Å². The Bertz CT molecular complexity index is 544. The molecule has 0 radical (unpaired) electrons. The lowest BCUT2D eigenvalue weighted by molar-refractivity contribution is -0.137. The molecule has 0 saturated carbocycles. The van der Waals surface area contributed by atoms with Crippen molar-refractivity contribution >= 4 is 12.3 Å². The first-order chi connectivity index (χ1) is 8.35. The number of alkyl halides is 3. The standard InChI is InChI=1S/C11H6F3NO3/c1-18-10(17)8-2-7(5-16)9(11(12,13)14)3-6(8)4-15/h2-3,5H,1H3. The first kappa shape index (κ1) is 13.7. The van der Waals surface area contributed by atoms with E-state index in [1.54, 1.807) is 0 Å². The maximum Gasteiger partial charge on any atom is 0.417 e. The van der Waals surface area contributed by atoms with Gasteiger partial charge in [0.2, 0.25) is 0 Å². The summed E-state index contributed by atoms with van der Waals surface area (Å²) in [5.41, 5.74) is -2.86. The molecule has 0 amide bonds. The second-order valence-electron chi connectivity index (χ2n) is 3.20. The number of rotatable bonds is 2. The second-order valence-corrected chi connectivity index (χ2v) is 3.20. The molecule has 0 heterocycles. The van der Waals surface area contributed by atoms with Crippen molar-refractivity contribution < 1.29 is 27.5 Å². The average Bonchev–Trinajstić information content (AvgIpc) is 2.34. The quantitative estimate of drug-likeness (QED) is 0.601. The van der Waals surface area contributed by atoms with E-state index in [4.69, 9.17) is 5.26 Å². The molecule has 0 aliphatic rings. The van der Waals surface area contributed by atoms with Gasteiger partial charge >= 0.3 is 12.1 Å². The summed E-state index contributed by atoms with van der Waals surface area (Å²) in [6.07, 6.45) is -4.81. The number of esters is 1. The number of hydrogen-bond donors (Lipinski definition) is 0. The minimum Gasteiger partial charge on any atom is -0.465 e. The van der Waals surface area contributed by atoms with Crippen LogP contribution in [0.15, 0.2) is 12.1 Å². The lowest BCUT2D eigenvalue weighted by atomic mass is 9.99. The number of halogens is 3. The monoisotopic (exact) mass is 257 g/mol. The largest absolute Gasteiger partial charge is 0.465 e. The Morgan fingerprint density at radius 2 is 2.06 bits per heavy atom. The van der Waals surface area contributed by atoms with E-state index in [1.165, 1.54) is 6.07 Å². The fraction of sp³-hybridized carbons (Fsp3) is 0.182. The number of carbonyl (C=O) groups is 2. The van der Waals surface area contributed by atoms with Crippen LogP contribution in [-0.4, -0.2) is 19.4 Å². The van der Waals surface area contributed by atoms with Gasteiger partial charge in [-0.15, -0.1) is 0 Å². The normalized spacial score (nSPS) is 10.6. The van der Waals surface area contributed by atoms with Crippen molar-refractivity contribution in [1.82, 2.24) is 0 Å². The van der Waals surface area contributed by atoms with Crippen LogP contribution in [0.1, 0.15) is 31.8 Å². The van der Waals surface area contributed by atoms with E-state index in [-0.39, 0.29) is 11.8 Å². The summed E-state index contributed by atoms with van der Waals surface area (Å²) in [4.78, 5) is 21.9. The van der Waals surface area contributed by atoms with E-state index in [0.29, 0.717) is 12.1 Å². The Morgan fingerprint density at radius 3 is 2.44 bits per heavy atom. The summed E-state index contributed by atoms with van der Waals surface area (Å²) in [6.45, 7) is 0. The van der Waals surface area contributed by atoms with E-state index < -0.39 is 28.8 Å². The molecule has 0 aliphatic carbocycles. The van der Waals surface area contributed by atoms with Crippen molar-refractivity contribution in [3.05, 3.63) is 34.4 Å². The third kappa shape index (κ3) is 2.48. The Kier molecular flexibility index (Phi) is 3.71. The van der Waals surface area contributed by atoms with Gasteiger partial charge in [-0.05, 0) is 12.1 Å². The molecule has 0 aromatic heterocycles. The first-order valence-corrected chi connectivity index (χ1v) is 4.54. The Balaban J connectivity index is 3.58. The van der Waals surface area contributed by atoms with E-state index in [0.717, 1.165) is 7.11 Å². The number of hydrogen-bond acceptors (Lipinski definition) is 4. The number of benzene rings is 1. The van der Waals surface area contributed by atoms with E-state index in [9.17, 15) is 22.8 Å². The van der Waals surface area contributed by atoms with Crippen molar-refractivity contribution in [3.8, 4) is 6.07 Å². The number of aldehydes is 1. The molecule has 0 bridgehead atoms. The van der Waals surface area contributed by atoms with Gasteiger partial charge in [0.25, 0.3) is 0 Å². The van der Waals surface area contributed by atoms with Crippen molar-refractivity contribution in [2.45, 2.75) is 6.18 Å². The molecular formula is C11H6F3NO3. The molecule has 0 aliphatic heterocycles. The number of ether oxygens (including phenoxy) is 1. The lowest BCUT2D eigenvalue weighted by Crippen LogP contribution is -2.13. The zero-order valence-corrected chi connectivity index (χ0v) is 9.04. The molecule has 94 valence electrons. The molecular weight excluding hydrogens is 251 g/mol. The minimum atomic E-state index is -4.78. The van der Waals surface area contributed by atoms with Crippen molar-refractivity contribution in [3.63, 3.8) is 0 Å². The van der Waals surface area contributed by atoms with Crippen molar-refractivity contribution in [2.24, 2.45) is 0 Å². The highest BCUT2D eigenvalue weighted by Gasteiger charge is 2.35. The number of carbonyl (C=O) groups excluding carboxylic acids is 2. The second kappa shape index (κ2) is 4.87. The van der Waals surface area contributed by atoms with Crippen LogP contribution in [0, 0.1) is 11.3 Å². The van der Waals surface area contributed by atoms with Crippen LogP contribution in [0.5, 0.6) is 0 Å². The van der Waals surface area contributed by atoms with Crippen molar-refractivity contribution in [1.29, 1.82) is 5.26 Å². The minimum absolute atomic E-state index is 0.0313. The summed E-state index contributed by atoms with van der Waals surface area (Å²) in [5, 5.41) is 8.70. The Hall–Kier alpha value is -2.36. The molecule has 0 spiro atoms. The number of methoxy groups -OCH3 is 1. The van der Waals surface area contributed by atoms with Gasteiger partial charge in [-0.25, -0.2) is 4.79 Å². The van der Waals surface area contributed by atoms with Gasteiger partial charge in [-0.2, -0.15) is 18.4 Å². The topological polar surface area (TPSA) is 67.2 Å². The zero-order valence-electron chi connectivity index (χ0n) is 9.04. The lowest BCUT2D eigenvalue weighted by Gasteiger charge is -2.11. The summed E-state index contributed by atoms with van der Waals surface area (Å²) >= 11 is 0. The molecule has 1 rings (SSSR count). The maximum atomic E-state index is 12.6. The maximum absolute atomic E-state index is 12.6. The molecule has 0 fully saturated rings. The average molecular weight is 257 g/mol. The highest BCUT2D eigenvalue weighted by Crippen LogP contribution is 2.33. The van der Waals surface area contributed by atoms with Gasteiger partial charge in [0, 0.05) is 5.56 Å². The van der Waals surface area contributed by atoms with Gasteiger partial charge in [0.1, 0.15) is 6.07 Å². The number of nitrogens with zero attached hydrogens (tertiary/aromatic N) is 1. The van der Waals surface area contributed by atoms with E-state index in [1.807, 2.05) is 0 Å². The Morgan fingerprint density at radius 1 is 1.44 bits per heavy atom. The van der Waals surface area contributed by atoms with Gasteiger partial charge in [-0.3, -0.25) is 4.79 Å². The molecule has 0 atom stereocenters. The van der Waals surface area contributed by atoms with E-state index >= 15 is 0 Å². The van der Waals surface area contributed by atoms with Crippen LogP contribution in [0.2, 0.25) is 0 Å². The molecule has 18 heavy (non-hydrogen) atoms. The highest BCUT2D eigenvalue weighted by molar-refractivity contribution is 5.94. The van der Waals surface area contributed by atoms with Gasteiger partial charge in [0.05, 0.1) is 23.8 Å². The van der Waals surface area contributed by atoms with Gasteiger partial charge in [-0.1, -0.05) is 0 Å². The molecule has 0 saturated heterocycles. The summed E-state index contributed by atoms with van der Waals surface area (Å²) < 4.78 is 42.1. The molecule has 4 nitrogen and oxygen atoms in total. The SMILES string of the molecule is COC(=O)c1cc(C=O)c(C(F)(F)F)cc1C#N. The highest BCUT2D eigenvalue weighted by atomic mass is 19.4. The van der Waals surface area contributed by atoms with Crippen LogP contribution in [-0.2, 0) is 10.9 Å². The van der Waals surface area contributed by atoms with Gasteiger partial charge < -0.3 is 4.74 Å². The molecule has 7 heteroatoms. The van der Waals surface area contributed by atoms with Crippen LogP contribution in [0.25, 0.3) is 0 Å².